The molecular formula is C18H21N3O2. The Morgan fingerprint density at radius 1 is 0.913 bits per heavy atom. The lowest BCUT2D eigenvalue weighted by atomic mass is 10.2. The van der Waals surface area contributed by atoms with Crippen molar-refractivity contribution in [2.75, 3.05) is 17.2 Å². The minimum Gasteiger partial charge on any atom is -0.376 e. The molecule has 0 aliphatic heterocycles. The highest BCUT2D eigenvalue weighted by atomic mass is 16.2. The van der Waals surface area contributed by atoms with Crippen LogP contribution in [0.1, 0.15) is 24.2 Å². The van der Waals surface area contributed by atoms with Crippen molar-refractivity contribution in [1.29, 1.82) is 0 Å². The number of para-hydroxylation sites is 1. The maximum atomic E-state index is 11.8. The van der Waals surface area contributed by atoms with E-state index in [9.17, 15) is 9.59 Å². The molecule has 0 bridgehead atoms. The molecule has 0 aliphatic rings. The Hall–Kier alpha value is -2.82. The van der Waals surface area contributed by atoms with E-state index in [2.05, 4.69) is 16.0 Å². The van der Waals surface area contributed by atoms with Crippen LogP contribution in [0.5, 0.6) is 0 Å². The summed E-state index contributed by atoms with van der Waals surface area (Å²) in [5, 5.41) is 8.66. The standard InChI is InChI=1S/C18H21N3O2/c1-13(2)20-18(23)14-8-10-15(11-9-14)19-12-17(22)21-16-6-4-3-5-7-16/h3-11,13,19H,12H2,1-2H3,(H,20,23)(H,21,22). The van der Waals surface area contributed by atoms with Crippen molar-refractivity contribution >= 4 is 23.2 Å². The van der Waals surface area contributed by atoms with E-state index in [0.717, 1.165) is 11.4 Å². The van der Waals surface area contributed by atoms with Gasteiger partial charge < -0.3 is 16.0 Å². The normalized spacial score (nSPS) is 10.2. The molecule has 0 aliphatic carbocycles. The maximum absolute atomic E-state index is 11.8. The van der Waals surface area contributed by atoms with E-state index in [0.29, 0.717) is 5.56 Å². The Kier molecular flexibility index (Phi) is 5.74. The summed E-state index contributed by atoms with van der Waals surface area (Å²) < 4.78 is 0. The second-order valence-electron chi connectivity index (χ2n) is 5.47. The highest BCUT2D eigenvalue weighted by molar-refractivity contribution is 5.95. The van der Waals surface area contributed by atoms with Crippen LogP contribution in [-0.2, 0) is 4.79 Å². The van der Waals surface area contributed by atoms with E-state index in [1.165, 1.54) is 0 Å². The van der Waals surface area contributed by atoms with Gasteiger partial charge in [0.2, 0.25) is 5.91 Å². The largest absolute Gasteiger partial charge is 0.376 e. The van der Waals surface area contributed by atoms with Gasteiger partial charge in [0, 0.05) is 23.0 Å². The van der Waals surface area contributed by atoms with Gasteiger partial charge >= 0.3 is 0 Å². The van der Waals surface area contributed by atoms with Crippen molar-refractivity contribution in [3.05, 3.63) is 60.2 Å². The summed E-state index contributed by atoms with van der Waals surface area (Å²) in [6.07, 6.45) is 0. The second-order valence-corrected chi connectivity index (χ2v) is 5.47. The van der Waals surface area contributed by atoms with Gasteiger partial charge in [-0.1, -0.05) is 18.2 Å². The molecule has 0 spiro atoms. The van der Waals surface area contributed by atoms with E-state index >= 15 is 0 Å². The minimum absolute atomic E-state index is 0.0991. The van der Waals surface area contributed by atoms with Crippen LogP contribution in [0.2, 0.25) is 0 Å². The van der Waals surface area contributed by atoms with Crippen LogP contribution >= 0.6 is 0 Å². The molecule has 0 saturated carbocycles. The number of anilines is 2. The summed E-state index contributed by atoms with van der Waals surface area (Å²) >= 11 is 0. The van der Waals surface area contributed by atoms with Crippen molar-refractivity contribution in [2.45, 2.75) is 19.9 Å². The summed E-state index contributed by atoms with van der Waals surface area (Å²) in [6, 6.07) is 16.4. The Balaban J connectivity index is 1.84. The summed E-state index contributed by atoms with van der Waals surface area (Å²) in [7, 11) is 0. The first kappa shape index (κ1) is 16.5. The molecular weight excluding hydrogens is 290 g/mol. The Morgan fingerprint density at radius 3 is 2.17 bits per heavy atom. The molecule has 0 fully saturated rings. The van der Waals surface area contributed by atoms with E-state index in [4.69, 9.17) is 0 Å². The number of rotatable bonds is 6. The van der Waals surface area contributed by atoms with Gasteiger partial charge in [-0.25, -0.2) is 0 Å². The van der Waals surface area contributed by atoms with Crippen LogP contribution in [0.15, 0.2) is 54.6 Å². The topological polar surface area (TPSA) is 70.2 Å². The highest BCUT2D eigenvalue weighted by Gasteiger charge is 2.07. The van der Waals surface area contributed by atoms with Crippen LogP contribution < -0.4 is 16.0 Å². The molecule has 3 N–H and O–H groups in total. The van der Waals surface area contributed by atoms with Crippen LogP contribution in [-0.4, -0.2) is 24.4 Å². The van der Waals surface area contributed by atoms with Crippen molar-refractivity contribution in [2.24, 2.45) is 0 Å². The average molecular weight is 311 g/mol. The molecule has 0 unspecified atom stereocenters. The fraction of sp³-hybridized carbons (Fsp3) is 0.222. The third-order valence-corrected chi connectivity index (χ3v) is 3.08. The molecule has 0 aromatic heterocycles. The molecule has 23 heavy (non-hydrogen) atoms. The molecule has 0 radical (unpaired) electrons. The third-order valence-electron chi connectivity index (χ3n) is 3.08. The number of carbonyl (C=O) groups excluding carboxylic acids is 2. The lowest BCUT2D eigenvalue weighted by molar-refractivity contribution is -0.114. The lowest BCUT2D eigenvalue weighted by Crippen LogP contribution is -2.30. The molecule has 2 aromatic rings. The minimum atomic E-state index is -0.127. The molecule has 0 saturated heterocycles. The predicted octanol–water partition coefficient (Wildman–Crippen LogP) is 2.88. The number of amides is 2. The number of carbonyl (C=O) groups is 2. The molecule has 0 atom stereocenters. The van der Waals surface area contributed by atoms with Crippen molar-refractivity contribution in [3.8, 4) is 0 Å². The van der Waals surface area contributed by atoms with Gasteiger partial charge in [0.25, 0.3) is 5.91 Å². The summed E-state index contributed by atoms with van der Waals surface area (Å²) in [5.41, 5.74) is 2.15. The first-order valence-electron chi connectivity index (χ1n) is 7.54. The lowest BCUT2D eigenvalue weighted by Gasteiger charge is -2.10. The molecule has 2 aromatic carbocycles. The average Bonchev–Trinajstić information content (AvgIpc) is 2.54. The number of hydrogen-bond donors (Lipinski definition) is 3. The van der Waals surface area contributed by atoms with Gasteiger partial charge in [0.15, 0.2) is 0 Å². The zero-order chi connectivity index (χ0) is 16.7. The Morgan fingerprint density at radius 2 is 1.57 bits per heavy atom. The van der Waals surface area contributed by atoms with Gasteiger partial charge in [-0.15, -0.1) is 0 Å². The number of hydrogen-bond acceptors (Lipinski definition) is 3. The number of nitrogens with one attached hydrogen (secondary N) is 3. The van der Waals surface area contributed by atoms with Gasteiger partial charge in [-0.2, -0.15) is 0 Å². The van der Waals surface area contributed by atoms with Crippen LogP contribution in [0.3, 0.4) is 0 Å². The van der Waals surface area contributed by atoms with Gasteiger partial charge in [0.05, 0.1) is 6.54 Å². The molecule has 5 nitrogen and oxygen atoms in total. The smallest absolute Gasteiger partial charge is 0.251 e. The zero-order valence-electron chi connectivity index (χ0n) is 13.3. The first-order chi connectivity index (χ1) is 11.0. The monoisotopic (exact) mass is 311 g/mol. The predicted molar refractivity (Wildman–Crippen MR) is 92.6 cm³/mol. The quantitative estimate of drug-likeness (QED) is 0.768. The Labute approximate surface area is 136 Å². The third kappa shape index (κ3) is 5.47. The van der Waals surface area contributed by atoms with Gasteiger partial charge in [-0.3, -0.25) is 9.59 Å². The SMILES string of the molecule is CC(C)NC(=O)c1ccc(NCC(=O)Nc2ccccc2)cc1. The van der Waals surface area contributed by atoms with E-state index in [1.807, 2.05) is 44.2 Å². The van der Waals surface area contributed by atoms with Crippen molar-refractivity contribution in [1.82, 2.24) is 5.32 Å². The first-order valence-corrected chi connectivity index (χ1v) is 7.54. The summed E-state index contributed by atoms with van der Waals surface area (Å²) in [6.45, 7) is 3.99. The van der Waals surface area contributed by atoms with Gasteiger partial charge in [-0.05, 0) is 50.2 Å². The fourth-order valence-corrected chi connectivity index (χ4v) is 1.99. The van der Waals surface area contributed by atoms with E-state index in [1.54, 1.807) is 24.3 Å². The zero-order valence-corrected chi connectivity index (χ0v) is 13.3. The molecule has 5 heteroatoms. The molecule has 2 rings (SSSR count). The second kappa shape index (κ2) is 7.98. The Bertz CT molecular complexity index is 652. The van der Waals surface area contributed by atoms with Crippen molar-refractivity contribution < 1.29 is 9.59 Å². The fourth-order valence-electron chi connectivity index (χ4n) is 1.99. The highest BCUT2D eigenvalue weighted by Crippen LogP contribution is 2.10. The van der Waals surface area contributed by atoms with Crippen LogP contribution in [0.25, 0.3) is 0 Å². The van der Waals surface area contributed by atoms with Crippen LogP contribution in [0, 0.1) is 0 Å². The van der Waals surface area contributed by atoms with Gasteiger partial charge in [0.1, 0.15) is 0 Å². The van der Waals surface area contributed by atoms with Crippen molar-refractivity contribution in [3.63, 3.8) is 0 Å². The summed E-state index contributed by atoms with van der Waals surface area (Å²) in [5.74, 6) is -0.230. The molecule has 120 valence electrons. The van der Waals surface area contributed by atoms with E-state index in [-0.39, 0.29) is 24.4 Å². The van der Waals surface area contributed by atoms with E-state index < -0.39 is 0 Å². The maximum Gasteiger partial charge on any atom is 0.251 e. The molecule has 0 heterocycles. The van der Waals surface area contributed by atoms with Crippen LogP contribution in [0.4, 0.5) is 11.4 Å². The molecule has 2 amide bonds. The summed E-state index contributed by atoms with van der Waals surface area (Å²) in [4.78, 5) is 23.7. The number of benzene rings is 2.